The number of hydrogen-bond donors (Lipinski definition) is 1. The zero-order valence-electron chi connectivity index (χ0n) is 18.9. The number of aromatic nitrogens is 5. The van der Waals surface area contributed by atoms with Gasteiger partial charge in [0.15, 0.2) is 5.65 Å². The summed E-state index contributed by atoms with van der Waals surface area (Å²) in [4.78, 5) is 43.4. The lowest BCUT2D eigenvalue weighted by molar-refractivity contribution is -0.120. The van der Waals surface area contributed by atoms with Crippen LogP contribution in [0.15, 0.2) is 24.8 Å². The highest BCUT2D eigenvalue weighted by Crippen LogP contribution is 2.27. The fourth-order valence-electron chi connectivity index (χ4n) is 2.90. The van der Waals surface area contributed by atoms with E-state index in [2.05, 4.69) is 31.2 Å². The summed E-state index contributed by atoms with van der Waals surface area (Å²) in [6.07, 6.45) is 8.03. The highest BCUT2D eigenvalue weighted by Gasteiger charge is 2.27. The van der Waals surface area contributed by atoms with E-state index in [9.17, 15) is 9.59 Å². The van der Waals surface area contributed by atoms with E-state index in [1.54, 1.807) is 50.7 Å². The summed E-state index contributed by atoms with van der Waals surface area (Å²) in [5.41, 5.74) is 2.15. The van der Waals surface area contributed by atoms with Gasteiger partial charge in [-0.3, -0.25) is 9.69 Å². The zero-order valence-corrected chi connectivity index (χ0v) is 18.9. The Kier molecular flexibility index (Phi) is 6.11. The molecule has 0 spiro atoms. The first-order valence-corrected chi connectivity index (χ1v) is 9.88. The first-order valence-electron chi connectivity index (χ1n) is 9.88. The van der Waals surface area contributed by atoms with E-state index in [4.69, 9.17) is 11.2 Å². The summed E-state index contributed by atoms with van der Waals surface area (Å²) < 4.78 is 7.12. The molecular weight excluding hydrogens is 410 g/mol. The maximum atomic E-state index is 12.8. The predicted octanol–water partition coefficient (Wildman–Crippen LogP) is 2.60. The number of fused-ring (bicyclic) bond motifs is 1. The van der Waals surface area contributed by atoms with Gasteiger partial charge in [-0.1, -0.05) is 5.92 Å². The third-order valence-corrected chi connectivity index (χ3v) is 4.65. The molecule has 0 radical (unpaired) electrons. The number of aryl methyl sites for hydroxylation is 1. The number of nitrogens with one attached hydrogen (secondary N) is 1. The van der Waals surface area contributed by atoms with Crippen LogP contribution in [0.1, 0.15) is 33.4 Å². The molecule has 0 fully saturated rings. The molecule has 0 saturated carbocycles. The normalized spacial score (nSPS) is 12.2. The molecule has 0 bridgehead atoms. The molecule has 1 atom stereocenters. The Bertz CT molecular complexity index is 1220. The number of carbonyl (C=O) groups excluding carboxylic acids is 2. The van der Waals surface area contributed by atoms with Gasteiger partial charge in [0, 0.05) is 19.7 Å². The van der Waals surface area contributed by atoms with Crippen molar-refractivity contribution in [1.29, 1.82) is 0 Å². The summed E-state index contributed by atoms with van der Waals surface area (Å²) in [6.45, 7) is 6.86. The van der Waals surface area contributed by atoms with Crippen LogP contribution >= 0.6 is 0 Å². The van der Waals surface area contributed by atoms with E-state index in [1.807, 2.05) is 7.05 Å². The molecule has 10 heteroatoms. The number of rotatable bonds is 4. The Labute approximate surface area is 186 Å². The second-order valence-electron chi connectivity index (χ2n) is 8.28. The van der Waals surface area contributed by atoms with Gasteiger partial charge in [-0.25, -0.2) is 24.7 Å². The Morgan fingerprint density at radius 3 is 2.62 bits per heavy atom. The van der Waals surface area contributed by atoms with Gasteiger partial charge in [0.05, 0.1) is 12.0 Å². The molecule has 10 nitrogen and oxygen atoms in total. The number of nitrogens with zero attached hydrogens (tertiary/aromatic N) is 6. The maximum Gasteiger partial charge on any atom is 0.410 e. The van der Waals surface area contributed by atoms with Crippen molar-refractivity contribution < 1.29 is 14.3 Å². The second kappa shape index (κ2) is 8.63. The molecule has 0 aliphatic rings. The molecule has 3 heterocycles. The van der Waals surface area contributed by atoms with E-state index in [1.165, 1.54) is 18.3 Å². The van der Waals surface area contributed by atoms with Crippen LogP contribution in [0, 0.1) is 12.3 Å². The Hall–Kier alpha value is -4.00. The van der Waals surface area contributed by atoms with Gasteiger partial charge in [0.2, 0.25) is 5.91 Å². The van der Waals surface area contributed by atoms with Crippen molar-refractivity contribution in [3.8, 4) is 23.6 Å². The minimum atomic E-state index is -0.813. The molecule has 0 aromatic carbocycles. The van der Waals surface area contributed by atoms with Crippen molar-refractivity contribution in [2.45, 2.75) is 39.3 Å². The monoisotopic (exact) mass is 435 g/mol. The van der Waals surface area contributed by atoms with Crippen LogP contribution in [-0.2, 0) is 16.6 Å². The van der Waals surface area contributed by atoms with E-state index < -0.39 is 23.6 Å². The maximum absolute atomic E-state index is 12.8. The van der Waals surface area contributed by atoms with Crippen LogP contribution in [0.5, 0.6) is 0 Å². The summed E-state index contributed by atoms with van der Waals surface area (Å²) in [5.74, 6) is 2.28. The van der Waals surface area contributed by atoms with Crippen LogP contribution in [0.25, 0.3) is 22.4 Å². The van der Waals surface area contributed by atoms with Gasteiger partial charge in [0.25, 0.3) is 0 Å². The topological polar surface area (TPSA) is 115 Å². The zero-order chi connectivity index (χ0) is 23.6. The van der Waals surface area contributed by atoms with Gasteiger partial charge in [-0.2, -0.15) is 0 Å². The molecule has 3 aromatic rings. The Balaban J connectivity index is 1.89. The minimum absolute atomic E-state index is 0.235. The summed E-state index contributed by atoms with van der Waals surface area (Å²) >= 11 is 0. The Morgan fingerprint density at radius 2 is 1.97 bits per heavy atom. The lowest BCUT2D eigenvalue weighted by Gasteiger charge is -2.28. The molecule has 0 aliphatic heterocycles. The number of amides is 2. The largest absolute Gasteiger partial charge is 0.444 e. The van der Waals surface area contributed by atoms with Gasteiger partial charge in [-0.05, 0) is 39.8 Å². The quantitative estimate of drug-likeness (QED) is 0.626. The smallest absolute Gasteiger partial charge is 0.410 e. The molecule has 1 N–H and O–H groups in total. The fourth-order valence-corrected chi connectivity index (χ4v) is 2.90. The van der Waals surface area contributed by atoms with Gasteiger partial charge < -0.3 is 14.6 Å². The molecule has 0 aliphatic carbocycles. The number of anilines is 1. The molecule has 0 saturated heterocycles. The van der Waals surface area contributed by atoms with E-state index >= 15 is 0 Å². The number of pyridine rings is 1. The van der Waals surface area contributed by atoms with Crippen molar-refractivity contribution in [3.63, 3.8) is 0 Å². The highest BCUT2D eigenvalue weighted by molar-refractivity contribution is 5.96. The average molecular weight is 435 g/mol. The summed E-state index contributed by atoms with van der Waals surface area (Å²) in [7, 11) is 3.33. The van der Waals surface area contributed by atoms with Crippen LogP contribution in [0.4, 0.5) is 10.6 Å². The van der Waals surface area contributed by atoms with Gasteiger partial charge >= 0.3 is 6.09 Å². The van der Waals surface area contributed by atoms with Crippen LogP contribution in [0.2, 0.25) is 0 Å². The van der Waals surface area contributed by atoms with Crippen LogP contribution < -0.4 is 5.32 Å². The molecule has 3 aromatic heterocycles. The molecular formula is C22H25N7O3. The number of likely N-dealkylation sites (N-methyl/N-ethyl adjacent to an activating group) is 1. The van der Waals surface area contributed by atoms with Crippen molar-refractivity contribution >= 4 is 29.0 Å². The van der Waals surface area contributed by atoms with Crippen molar-refractivity contribution in [3.05, 3.63) is 30.5 Å². The average Bonchev–Trinajstić information content (AvgIpc) is 3.12. The van der Waals surface area contributed by atoms with Gasteiger partial charge in [0.1, 0.15) is 35.0 Å². The number of hydrogen-bond acceptors (Lipinski definition) is 7. The molecule has 166 valence electrons. The summed E-state index contributed by atoms with van der Waals surface area (Å²) in [5, 5.41) is 2.72. The van der Waals surface area contributed by atoms with E-state index in [-0.39, 0.29) is 5.82 Å². The van der Waals surface area contributed by atoms with Crippen molar-refractivity contribution in [1.82, 2.24) is 29.4 Å². The van der Waals surface area contributed by atoms with Gasteiger partial charge in [-0.15, -0.1) is 6.42 Å². The van der Waals surface area contributed by atoms with Crippen LogP contribution in [-0.4, -0.2) is 60.1 Å². The minimum Gasteiger partial charge on any atom is -0.444 e. The Morgan fingerprint density at radius 1 is 1.25 bits per heavy atom. The number of imidazole rings is 1. The first-order chi connectivity index (χ1) is 15.0. The standard InChI is InChI=1S/C22H25N7O3/c1-8-15-9-14(17-18-19(24-11-23-17)25-12-28(18)6)10-16(26-15)27-20(30)13(2)29(7)21(31)32-22(3,4)5/h1,9-13H,2-7H3,(H,26,27,30). The second-order valence-corrected chi connectivity index (χ2v) is 8.28. The lowest BCUT2D eigenvalue weighted by atomic mass is 10.1. The highest BCUT2D eigenvalue weighted by atomic mass is 16.6. The van der Waals surface area contributed by atoms with E-state index in [0.29, 0.717) is 22.6 Å². The predicted molar refractivity (Wildman–Crippen MR) is 120 cm³/mol. The summed E-state index contributed by atoms with van der Waals surface area (Å²) in [6, 6.07) is 2.54. The first kappa shape index (κ1) is 22.7. The fraction of sp³-hybridized carbons (Fsp3) is 0.364. The third kappa shape index (κ3) is 4.83. The molecule has 3 rings (SSSR count). The molecule has 1 unspecified atom stereocenters. The van der Waals surface area contributed by atoms with E-state index in [0.717, 1.165) is 5.52 Å². The van der Waals surface area contributed by atoms with Crippen molar-refractivity contribution in [2.75, 3.05) is 12.4 Å². The van der Waals surface area contributed by atoms with Crippen molar-refractivity contribution in [2.24, 2.45) is 7.05 Å². The number of ether oxygens (including phenoxy) is 1. The number of carbonyl (C=O) groups is 2. The number of terminal acetylenes is 1. The SMILES string of the molecule is C#Cc1cc(-c2ncnc3ncn(C)c23)cc(NC(=O)C(C)N(C)C(=O)OC(C)(C)C)n1. The third-order valence-electron chi connectivity index (χ3n) is 4.65. The molecule has 2 amide bonds. The van der Waals surface area contributed by atoms with Crippen LogP contribution in [0.3, 0.4) is 0 Å². The molecule has 32 heavy (non-hydrogen) atoms. The lowest BCUT2D eigenvalue weighted by Crippen LogP contribution is -2.45.